The van der Waals surface area contributed by atoms with Gasteiger partial charge in [-0.1, -0.05) is 43.6 Å². The van der Waals surface area contributed by atoms with Gasteiger partial charge in [0.2, 0.25) is 0 Å². The van der Waals surface area contributed by atoms with Crippen LogP contribution in [0, 0.1) is 5.92 Å². The van der Waals surface area contributed by atoms with Crippen LogP contribution in [0.4, 0.5) is 0 Å². The van der Waals surface area contributed by atoms with Crippen LogP contribution in [0.25, 0.3) is 0 Å². The number of carbonyl (C=O) groups excluding carboxylic acids is 1. The number of halogens is 1. The Hall–Kier alpha value is -2.00. The van der Waals surface area contributed by atoms with Crippen LogP contribution in [-0.2, 0) is 6.61 Å². The molecule has 2 aromatic carbocycles. The average Bonchev–Trinajstić information content (AvgIpc) is 2.54. The molecule has 1 amide bonds. The molecule has 122 valence electrons. The molecule has 0 aliphatic rings. The summed E-state index contributed by atoms with van der Waals surface area (Å²) in [6, 6.07) is 14.8. The van der Waals surface area contributed by atoms with Crippen molar-refractivity contribution in [2.45, 2.75) is 33.4 Å². The largest absolute Gasteiger partial charge is 0.489 e. The van der Waals surface area contributed by atoms with Crippen molar-refractivity contribution in [1.82, 2.24) is 5.32 Å². The number of rotatable bonds is 6. The molecule has 0 aliphatic carbocycles. The SMILES string of the molecule is CC(C)[C@H](C)NC(=O)c1ccc(OCc2ccccc2Cl)cc1. The molecule has 0 fully saturated rings. The van der Waals surface area contributed by atoms with Crippen molar-refractivity contribution >= 4 is 17.5 Å². The molecule has 2 rings (SSSR count). The van der Waals surface area contributed by atoms with Crippen LogP contribution in [0.3, 0.4) is 0 Å². The van der Waals surface area contributed by atoms with Crippen molar-refractivity contribution in [1.29, 1.82) is 0 Å². The van der Waals surface area contributed by atoms with E-state index in [1.807, 2.05) is 31.2 Å². The Morgan fingerprint density at radius 1 is 1.09 bits per heavy atom. The van der Waals surface area contributed by atoms with E-state index in [9.17, 15) is 4.79 Å². The average molecular weight is 332 g/mol. The highest BCUT2D eigenvalue weighted by molar-refractivity contribution is 6.31. The van der Waals surface area contributed by atoms with E-state index >= 15 is 0 Å². The molecule has 0 saturated carbocycles. The second-order valence-electron chi connectivity index (χ2n) is 5.91. The van der Waals surface area contributed by atoms with Gasteiger partial charge < -0.3 is 10.1 Å². The summed E-state index contributed by atoms with van der Waals surface area (Å²) in [4.78, 5) is 12.1. The van der Waals surface area contributed by atoms with Crippen molar-refractivity contribution in [2.24, 2.45) is 5.92 Å². The molecule has 0 spiro atoms. The predicted octanol–water partition coefficient (Wildman–Crippen LogP) is 4.69. The van der Waals surface area contributed by atoms with Crippen molar-refractivity contribution in [3.05, 3.63) is 64.7 Å². The highest BCUT2D eigenvalue weighted by atomic mass is 35.5. The summed E-state index contributed by atoms with van der Waals surface area (Å²) in [7, 11) is 0. The lowest BCUT2D eigenvalue weighted by molar-refractivity contribution is 0.0930. The molecule has 23 heavy (non-hydrogen) atoms. The van der Waals surface area contributed by atoms with E-state index in [0.717, 1.165) is 5.56 Å². The monoisotopic (exact) mass is 331 g/mol. The molecule has 0 aliphatic heterocycles. The molecular formula is C19H22ClNO2. The quantitative estimate of drug-likeness (QED) is 0.833. The first-order valence-electron chi connectivity index (χ1n) is 7.74. The Bertz CT molecular complexity index is 653. The third kappa shape index (κ3) is 5.00. The van der Waals surface area contributed by atoms with Crippen molar-refractivity contribution in [3.63, 3.8) is 0 Å². The minimum absolute atomic E-state index is 0.0659. The lowest BCUT2D eigenvalue weighted by Crippen LogP contribution is -2.36. The fourth-order valence-corrected chi connectivity index (χ4v) is 2.13. The first-order valence-corrected chi connectivity index (χ1v) is 8.12. The van der Waals surface area contributed by atoms with E-state index in [4.69, 9.17) is 16.3 Å². The van der Waals surface area contributed by atoms with Crippen LogP contribution in [0.2, 0.25) is 5.02 Å². The zero-order chi connectivity index (χ0) is 16.8. The number of hydrogen-bond acceptors (Lipinski definition) is 2. The molecule has 0 saturated heterocycles. The van der Waals surface area contributed by atoms with Crippen LogP contribution in [0.5, 0.6) is 5.75 Å². The normalized spacial score (nSPS) is 12.0. The molecule has 1 N–H and O–H groups in total. The topological polar surface area (TPSA) is 38.3 Å². The van der Waals surface area contributed by atoms with Gasteiger partial charge in [-0.2, -0.15) is 0 Å². The maximum atomic E-state index is 12.1. The van der Waals surface area contributed by atoms with Gasteiger partial charge >= 0.3 is 0 Å². The Balaban J connectivity index is 1.94. The van der Waals surface area contributed by atoms with Gasteiger partial charge in [0.15, 0.2) is 0 Å². The number of amides is 1. The van der Waals surface area contributed by atoms with Gasteiger partial charge in [0.05, 0.1) is 0 Å². The Morgan fingerprint density at radius 3 is 2.35 bits per heavy atom. The van der Waals surface area contributed by atoms with E-state index in [0.29, 0.717) is 28.9 Å². The van der Waals surface area contributed by atoms with Crippen molar-refractivity contribution < 1.29 is 9.53 Å². The third-order valence-corrected chi connectivity index (χ3v) is 4.20. The summed E-state index contributed by atoms with van der Waals surface area (Å²) in [5.41, 5.74) is 1.56. The molecule has 0 heterocycles. The van der Waals surface area contributed by atoms with E-state index in [2.05, 4.69) is 19.2 Å². The number of nitrogens with one attached hydrogen (secondary N) is 1. The number of ether oxygens (including phenoxy) is 1. The molecular weight excluding hydrogens is 310 g/mol. The second-order valence-corrected chi connectivity index (χ2v) is 6.32. The molecule has 0 aromatic heterocycles. The Kier molecular flexibility index (Phi) is 6.05. The fourth-order valence-electron chi connectivity index (χ4n) is 1.94. The maximum Gasteiger partial charge on any atom is 0.251 e. The van der Waals surface area contributed by atoms with Gasteiger partial charge in [0, 0.05) is 22.2 Å². The van der Waals surface area contributed by atoms with Gasteiger partial charge in [-0.15, -0.1) is 0 Å². The highest BCUT2D eigenvalue weighted by Crippen LogP contribution is 2.19. The third-order valence-electron chi connectivity index (χ3n) is 3.83. The minimum Gasteiger partial charge on any atom is -0.489 e. The Morgan fingerprint density at radius 2 is 1.74 bits per heavy atom. The summed E-state index contributed by atoms with van der Waals surface area (Å²) in [5.74, 6) is 1.04. The van der Waals surface area contributed by atoms with Crippen molar-refractivity contribution in [3.8, 4) is 5.75 Å². The van der Waals surface area contributed by atoms with Gasteiger partial charge in [-0.05, 0) is 43.2 Å². The molecule has 1 atom stereocenters. The lowest BCUT2D eigenvalue weighted by Gasteiger charge is -2.17. The molecule has 0 radical (unpaired) electrons. The summed E-state index contributed by atoms with van der Waals surface area (Å²) in [6.45, 7) is 6.56. The van der Waals surface area contributed by atoms with E-state index < -0.39 is 0 Å². The lowest BCUT2D eigenvalue weighted by atomic mass is 10.1. The van der Waals surface area contributed by atoms with E-state index in [-0.39, 0.29) is 11.9 Å². The fraction of sp³-hybridized carbons (Fsp3) is 0.316. The Labute approximate surface area is 142 Å². The van der Waals surface area contributed by atoms with Crippen molar-refractivity contribution in [2.75, 3.05) is 0 Å². The van der Waals surface area contributed by atoms with E-state index in [1.165, 1.54) is 0 Å². The molecule has 3 nitrogen and oxygen atoms in total. The maximum absolute atomic E-state index is 12.1. The van der Waals surface area contributed by atoms with Crippen LogP contribution in [0.15, 0.2) is 48.5 Å². The molecule has 0 unspecified atom stereocenters. The first-order chi connectivity index (χ1) is 11.0. The van der Waals surface area contributed by atoms with Crippen LogP contribution in [0.1, 0.15) is 36.7 Å². The summed E-state index contributed by atoms with van der Waals surface area (Å²) in [6.07, 6.45) is 0. The number of benzene rings is 2. The standard InChI is InChI=1S/C19H22ClNO2/c1-13(2)14(3)21-19(22)15-8-10-17(11-9-15)23-12-16-6-4-5-7-18(16)20/h4-11,13-14H,12H2,1-3H3,(H,21,22)/t14-/m0/s1. The molecule has 2 aromatic rings. The van der Waals surface area contributed by atoms with Gasteiger partial charge in [0.25, 0.3) is 5.91 Å². The summed E-state index contributed by atoms with van der Waals surface area (Å²) in [5, 5.41) is 3.67. The summed E-state index contributed by atoms with van der Waals surface area (Å²) >= 11 is 6.10. The van der Waals surface area contributed by atoms with Crippen LogP contribution >= 0.6 is 11.6 Å². The van der Waals surface area contributed by atoms with Crippen LogP contribution < -0.4 is 10.1 Å². The molecule has 4 heteroatoms. The highest BCUT2D eigenvalue weighted by Gasteiger charge is 2.12. The smallest absolute Gasteiger partial charge is 0.251 e. The zero-order valence-electron chi connectivity index (χ0n) is 13.7. The number of carbonyl (C=O) groups is 1. The minimum atomic E-state index is -0.0659. The zero-order valence-corrected chi connectivity index (χ0v) is 14.4. The van der Waals surface area contributed by atoms with Gasteiger partial charge in [-0.25, -0.2) is 0 Å². The number of hydrogen-bond donors (Lipinski definition) is 1. The molecule has 0 bridgehead atoms. The predicted molar refractivity (Wildman–Crippen MR) is 94.0 cm³/mol. The first kappa shape index (κ1) is 17.4. The van der Waals surface area contributed by atoms with E-state index in [1.54, 1.807) is 24.3 Å². The van der Waals surface area contributed by atoms with Gasteiger partial charge in [0.1, 0.15) is 12.4 Å². The summed E-state index contributed by atoms with van der Waals surface area (Å²) < 4.78 is 5.71. The van der Waals surface area contributed by atoms with Gasteiger partial charge in [-0.3, -0.25) is 4.79 Å². The van der Waals surface area contributed by atoms with Crippen LogP contribution in [-0.4, -0.2) is 11.9 Å². The second kappa shape index (κ2) is 8.02.